The van der Waals surface area contributed by atoms with Crippen LogP contribution in [-0.4, -0.2) is 31.4 Å². The van der Waals surface area contributed by atoms with Gasteiger partial charge in [0.05, 0.1) is 0 Å². The average Bonchev–Trinajstić information content (AvgIpc) is 3.34. The van der Waals surface area contributed by atoms with Crippen LogP contribution in [0, 0.1) is 0 Å². The second-order valence-electron chi connectivity index (χ2n) is 5.88. The van der Waals surface area contributed by atoms with Crippen molar-refractivity contribution in [1.29, 1.82) is 0 Å². The minimum atomic E-state index is 0.323. The van der Waals surface area contributed by atoms with Gasteiger partial charge in [-0.1, -0.05) is 0 Å². The summed E-state index contributed by atoms with van der Waals surface area (Å²) in [6, 6.07) is 0. The van der Waals surface area contributed by atoms with E-state index < -0.39 is 0 Å². The van der Waals surface area contributed by atoms with Crippen LogP contribution in [0.5, 0.6) is 0 Å². The first-order valence-electron chi connectivity index (χ1n) is 7.41. The van der Waals surface area contributed by atoms with Crippen LogP contribution in [0.4, 0.5) is 5.95 Å². The van der Waals surface area contributed by atoms with Crippen molar-refractivity contribution < 1.29 is 0 Å². The molecule has 108 valence electrons. The molecule has 2 aromatic rings. The fourth-order valence-corrected chi connectivity index (χ4v) is 2.77. The van der Waals surface area contributed by atoms with Crippen molar-refractivity contribution in [2.75, 3.05) is 12.3 Å². The molecule has 6 heteroatoms. The molecular formula is C15H18N6. The van der Waals surface area contributed by atoms with E-state index in [0.29, 0.717) is 11.9 Å². The molecule has 0 bridgehead atoms. The summed E-state index contributed by atoms with van der Waals surface area (Å²) >= 11 is 0. The smallest absolute Gasteiger partial charge is 0.219 e. The monoisotopic (exact) mass is 282 g/mol. The highest BCUT2D eigenvalue weighted by atomic mass is 15.1. The number of rotatable bonds is 3. The summed E-state index contributed by atoms with van der Waals surface area (Å²) in [6.07, 6.45) is 9.11. The molecule has 3 heterocycles. The predicted molar refractivity (Wildman–Crippen MR) is 78.3 cm³/mol. The van der Waals surface area contributed by atoms with Crippen molar-refractivity contribution in [3.8, 4) is 0 Å². The van der Waals surface area contributed by atoms with E-state index in [1.54, 1.807) is 12.4 Å². The van der Waals surface area contributed by atoms with Gasteiger partial charge in [-0.2, -0.15) is 0 Å². The van der Waals surface area contributed by atoms with E-state index in [1.165, 1.54) is 24.1 Å². The highest BCUT2D eigenvalue weighted by Crippen LogP contribution is 2.38. The van der Waals surface area contributed by atoms with Gasteiger partial charge in [0.1, 0.15) is 5.82 Å². The molecule has 0 radical (unpaired) electrons. The van der Waals surface area contributed by atoms with E-state index in [-0.39, 0.29) is 0 Å². The summed E-state index contributed by atoms with van der Waals surface area (Å²) in [4.78, 5) is 19.7. The van der Waals surface area contributed by atoms with Crippen molar-refractivity contribution in [3.63, 3.8) is 0 Å². The van der Waals surface area contributed by atoms with Gasteiger partial charge in [-0.15, -0.1) is 0 Å². The van der Waals surface area contributed by atoms with Gasteiger partial charge in [0, 0.05) is 67.4 Å². The Morgan fingerprint density at radius 2 is 1.95 bits per heavy atom. The first-order chi connectivity index (χ1) is 10.3. The fraction of sp³-hybridized carbons (Fsp3) is 0.467. The molecule has 4 rings (SSSR count). The molecule has 21 heavy (non-hydrogen) atoms. The van der Waals surface area contributed by atoms with Gasteiger partial charge >= 0.3 is 0 Å². The SMILES string of the molecule is Nc1ncc(CN2CCc3nc(C4CC4)ncc3C2)cn1. The minimum Gasteiger partial charge on any atom is -0.368 e. The number of nitrogen functional groups attached to an aromatic ring is 1. The molecule has 2 aliphatic rings. The summed E-state index contributed by atoms with van der Waals surface area (Å²) in [6.45, 7) is 2.74. The summed E-state index contributed by atoms with van der Waals surface area (Å²) in [5, 5.41) is 0. The van der Waals surface area contributed by atoms with Crippen molar-refractivity contribution in [2.24, 2.45) is 0 Å². The summed E-state index contributed by atoms with van der Waals surface area (Å²) < 4.78 is 0. The van der Waals surface area contributed by atoms with E-state index in [4.69, 9.17) is 10.7 Å². The van der Waals surface area contributed by atoms with Crippen molar-refractivity contribution in [1.82, 2.24) is 24.8 Å². The first kappa shape index (κ1) is 12.6. The number of fused-ring (bicyclic) bond motifs is 1. The molecule has 0 spiro atoms. The molecule has 6 nitrogen and oxygen atoms in total. The lowest BCUT2D eigenvalue weighted by Gasteiger charge is -2.27. The Hall–Kier alpha value is -2.08. The number of aromatic nitrogens is 4. The maximum Gasteiger partial charge on any atom is 0.219 e. The van der Waals surface area contributed by atoms with Crippen LogP contribution in [0.25, 0.3) is 0 Å². The van der Waals surface area contributed by atoms with E-state index in [1.807, 2.05) is 6.20 Å². The zero-order valence-electron chi connectivity index (χ0n) is 11.9. The van der Waals surface area contributed by atoms with Crippen molar-refractivity contribution in [3.05, 3.63) is 41.2 Å². The average molecular weight is 282 g/mol. The van der Waals surface area contributed by atoms with Crippen LogP contribution < -0.4 is 5.73 Å². The molecule has 0 amide bonds. The van der Waals surface area contributed by atoms with E-state index >= 15 is 0 Å². The van der Waals surface area contributed by atoms with E-state index in [0.717, 1.165) is 37.4 Å². The van der Waals surface area contributed by atoms with Gasteiger partial charge in [0.2, 0.25) is 5.95 Å². The third-order valence-electron chi connectivity index (χ3n) is 4.11. The van der Waals surface area contributed by atoms with Crippen LogP contribution in [0.3, 0.4) is 0 Å². The Kier molecular flexibility index (Phi) is 3.03. The van der Waals surface area contributed by atoms with Crippen LogP contribution in [-0.2, 0) is 19.5 Å². The molecule has 1 saturated carbocycles. The number of hydrogen-bond acceptors (Lipinski definition) is 6. The molecule has 0 aromatic carbocycles. The first-order valence-corrected chi connectivity index (χ1v) is 7.41. The third kappa shape index (κ3) is 2.71. The molecule has 1 aliphatic carbocycles. The lowest BCUT2D eigenvalue weighted by molar-refractivity contribution is 0.242. The zero-order valence-corrected chi connectivity index (χ0v) is 11.9. The minimum absolute atomic E-state index is 0.323. The van der Waals surface area contributed by atoms with Gasteiger partial charge in [-0.05, 0) is 12.8 Å². The molecule has 2 aromatic heterocycles. The predicted octanol–water partition coefficient (Wildman–Crippen LogP) is 1.28. The largest absolute Gasteiger partial charge is 0.368 e. The quantitative estimate of drug-likeness (QED) is 0.913. The van der Waals surface area contributed by atoms with Gasteiger partial charge < -0.3 is 5.73 Å². The Morgan fingerprint density at radius 1 is 1.14 bits per heavy atom. The van der Waals surface area contributed by atoms with Crippen LogP contribution in [0.2, 0.25) is 0 Å². The molecule has 0 saturated heterocycles. The maximum atomic E-state index is 5.51. The molecule has 2 N–H and O–H groups in total. The lowest BCUT2D eigenvalue weighted by Crippen LogP contribution is -2.31. The van der Waals surface area contributed by atoms with Gasteiger partial charge in [-0.25, -0.2) is 19.9 Å². The zero-order chi connectivity index (χ0) is 14.2. The lowest BCUT2D eigenvalue weighted by atomic mass is 10.1. The molecule has 0 atom stereocenters. The van der Waals surface area contributed by atoms with E-state index in [9.17, 15) is 0 Å². The number of hydrogen-bond donors (Lipinski definition) is 1. The van der Waals surface area contributed by atoms with Gasteiger partial charge in [0.15, 0.2) is 0 Å². The summed E-state index contributed by atoms with van der Waals surface area (Å²) in [5.41, 5.74) is 9.09. The van der Waals surface area contributed by atoms with Gasteiger partial charge in [-0.3, -0.25) is 4.90 Å². The maximum absolute atomic E-state index is 5.51. The Balaban J connectivity index is 1.47. The number of anilines is 1. The van der Waals surface area contributed by atoms with Crippen molar-refractivity contribution >= 4 is 5.95 Å². The number of nitrogens with two attached hydrogens (primary N) is 1. The molecule has 1 aliphatic heterocycles. The van der Waals surface area contributed by atoms with E-state index in [2.05, 4.69) is 19.9 Å². The molecule has 1 fully saturated rings. The Bertz CT molecular complexity index is 650. The molecule has 0 unspecified atom stereocenters. The van der Waals surface area contributed by atoms with Gasteiger partial charge in [0.25, 0.3) is 0 Å². The highest BCUT2D eigenvalue weighted by Gasteiger charge is 2.28. The Morgan fingerprint density at radius 3 is 2.71 bits per heavy atom. The summed E-state index contributed by atoms with van der Waals surface area (Å²) in [7, 11) is 0. The highest BCUT2D eigenvalue weighted by molar-refractivity contribution is 5.23. The van der Waals surface area contributed by atoms with Crippen LogP contribution in [0.15, 0.2) is 18.6 Å². The van der Waals surface area contributed by atoms with Crippen LogP contribution >= 0.6 is 0 Å². The topological polar surface area (TPSA) is 80.8 Å². The number of nitrogens with zero attached hydrogens (tertiary/aromatic N) is 5. The van der Waals surface area contributed by atoms with Crippen LogP contribution in [0.1, 0.15) is 41.4 Å². The van der Waals surface area contributed by atoms with Crippen molar-refractivity contribution in [2.45, 2.75) is 38.3 Å². The third-order valence-corrected chi connectivity index (χ3v) is 4.11. The normalized spacial score (nSPS) is 18.5. The second-order valence-corrected chi connectivity index (χ2v) is 5.88. The second kappa shape index (κ2) is 5.04. The molecular weight excluding hydrogens is 264 g/mol. The summed E-state index contributed by atoms with van der Waals surface area (Å²) in [5.74, 6) is 2.00. The standard InChI is InChI=1S/C15H18N6/c16-15-18-5-10(6-19-15)8-21-4-3-13-12(9-21)7-17-14(20-13)11-1-2-11/h5-7,11H,1-4,8-9H2,(H2,16,18,19). The fourth-order valence-electron chi connectivity index (χ4n) is 2.77. The Labute approximate surface area is 123 Å².